The van der Waals surface area contributed by atoms with Gasteiger partial charge in [-0.2, -0.15) is 0 Å². The average Bonchev–Trinajstić information content (AvgIpc) is 3.28. The van der Waals surface area contributed by atoms with Crippen LogP contribution in [0.3, 0.4) is 0 Å². The summed E-state index contributed by atoms with van der Waals surface area (Å²) in [6, 6.07) is 0. The lowest BCUT2D eigenvalue weighted by Gasteiger charge is -2.19. The molecule has 3 N–H and O–H groups in total. The van der Waals surface area contributed by atoms with Crippen LogP contribution >= 0.6 is 7.82 Å². The summed E-state index contributed by atoms with van der Waals surface area (Å²) in [6.45, 7) is 3.58. The van der Waals surface area contributed by atoms with Crippen LogP contribution in [0.1, 0.15) is 226 Å². The van der Waals surface area contributed by atoms with Crippen LogP contribution in [0.25, 0.3) is 0 Å². The highest BCUT2D eigenvalue weighted by Gasteiger charge is 2.26. The Labute approximate surface area is 392 Å². The van der Waals surface area contributed by atoms with Gasteiger partial charge in [0, 0.05) is 19.4 Å². The van der Waals surface area contributed by atoms with E-state index >= 15 is 0 Å². The summed E-state index contributed by atoms with van der Waals surface area (Å²) >= 11 is 0. The molecule has 370 valence electrons. The molecule has 0 radical (unpaired) electrons. The molecule has 0 rings (SSSR count). The molecule has 0 fully saturated rings. The third-order valence-electron chi connectivity index (χ3n) is 10.8. The molecule has 0 spiro atoms. The number of hydrogen-bond acceptors (Lipinski definition) is 8. The molecule has 64 heavy (non-hydrogen) atoms. The van der Waals surface area contributed by atoms with Gasteiger partial charge >= 0.3 is 19.8 Å². The summed E-state index contributed by atoms with van der Waals surface area (Å²) in [5, 5.41) is 0. The minimum absolute atomic E-state index is 0.0495. The van der Waals surface area contributed by atoms with Crippen molar-refractivity contribution in [2.45, 2.75) is 232 Å². The molecule has 0 aliphatic heterocycles. The fourth-order valence-corrected chi connectivity index (χ4v) is 7.76. The van der Waals surface area contributed by atoms with Gasteiger partial charge in [0.05, 0.1) is 13.2 Å². The van der Waals surface area contributed by atoms with Crippen molar-refractivity contribution in [2.24, 2.45) is 5.73 Å². The van der Waals surface area contributed by atoms with Crippen molar-refractivity contribution < 1.29 is 37.6 Å². The third kappa shape index (κ3) is 48.9. The number of ether oxygens (including phenoxy) is 2. The van der Waals surface area contributed by atoms with Crippen molar-refractivity contribution in [2.75, 3.05) is 26.4 Å². The summed E-state index contributed by atoms with van der Waals surface area (Å²) in [5.74, 6) is -0.843. The van der Waals surface area contributed by atoms with E-state index in [0.29, 0.717) is 12.8 Å². The van der Waals surface area contributed by atoms with Crippen LogP contribution < -0.4 is 5.73 Å². The Kier molecular flexibility index (Phi) is 47.9. The first-order valence-electron chi connectivity index (χ1n) is 25.9. The third-order valence-corrected chi connectivity index (χ3v) is 11.8. The van der Waals surface area contributed by atoms with Crippen molar-refractivity contribution in [3.63, 3.8) is 0 Å². The van der Waals surface area contributed by atoms with Gasteiger partial charge in [0.1, 0.15) is 6.61 Å². The largest absolute Gasteiger partial charge is 0.472 e. The number of allylic oxidation sites excluding steroid dienone is 12. The van der Waals surface area contributed by atoms with E-state index in [-0.39, 0.29) is 32.6 Å². The van der Waals surface area contributed by atoms with Crippen LogP contribution in [0.2, 0.25) is 0 Å². The summed E-state index contributed by atoms with van der Waals surface area (Å²) in [5.41, 5.74) is 5.36. The molecule has 0 aromatic heterocycles. The molecule has 0 bridgehead atoms. The maximum absolute atomic E-state index is 12.7. The Hall–Kier alpha value is -2.55. The van der Waals surface area contributed by atoms with E-state index in [2.05, 4.69) is 86.8 Å². The van der Waals surface area contributed by atoms with Crippen LogP contribution in [0, 0.1) is 0 Å². The van der Waals surface area contributed by atoms with E-state index < -0.39 is 32.5 Å². The highest BCUT2D eigenvalue weighted by molar-refractivity contribution is 7.47. The number of carbonyl (C=O) groups excluding carboxylic acids is 2. The highest BCUT2D eigenvalue weighted by Crippen LogP contribution is 2.43. The minimum Gasteiger partial charge on any atom is -0.462 e. The highest BCUT2D eigenvalue weighted by atomic mass is 31.2. The quantitative estimate of drug-likeness (QED) is 0.0265. The smallest absolute Gasteiger partial charge is 0.462 e. The normalized spacial score (nSPS) is 13.8. The molecule has 10 heteroatoms. The molecule has 0 saturated carbocycles. The number of nitrogens with two attached hydrogens (primary N) is 1. The van der Waals surface area contributed by atoms with Crippen molar-refractivity contribution in [1.82, 2.24) is 0 Å². The Morgan fingerprint density at radius 2 is 0.859 bits per heavy atom. The van der Waals surface area contributed by atoms with Crippen LogP contribution in [-0.4, -0.2) is 49.3 Å². The Bertz CT molecular complexity index is 1280. The van der Waals surface area contributed by atoms with Gasteiger partial charge in [0.15, 0.2) is 6.10 Å². The lowest BCUT2D eigenvalue weighted by Crippen LogP contribution is -2.29. The van der Waals surface area contributed by atoms with Crippen molar-refractivity contribution in [1.29, 1.82) is 0 Å². The van der Waals surface area contributed by atoms with Crippen molar-refractivity contribution in [3.8, 4) is 0 Å². The monoisotopic (exact) mass is 918 g/mol. The van der Waals surface area contributed by atoms with Gasteiger partial charge in [-0.1, -0.05) is 209 Å². The number of phosphoric acid groups is 1. The lowest BCUT2D eigenvalue weighted by atomic mass is 10.0. The zero-order valence-corrected chi connectivity index (χ0v) is 41.9. The molecular weight excluding hydrogens is 822 g/mol. The first-order chi connectivity index (χ1) is 31.3. The minimum atomic E-state index is -4.39. The number of hydrogen-bond donors (Lipinski definition) is 2. The number of phosphoric ester groups is 1. The SMILES string of the molecule is CC/C=C\C/C=C\C/C=C\C/C=C\CCCCCCCCCCCCCCCCCCC(=O)OC(COC(=O)CCCCCCC/C=C\C/C=C\CCCC)COP(=O)(O)OCCN. The van der Waals surface area contributed by atoms with Gasteiger partial charge in [-0.3, -0.25) is 18.6 Å². The number of esters is 2. The second-order valence-electron chi connectivity index (χ2n) is 17.0. The van der Waals surface area contributed by atoms with Crippen LogP contribution in [0.15, 0.2) is 72.9 Å². The zero-order chi connectivity index (χ0) is 46.7. The second kappa shape index (κ2) is 49.9. The molecule has 0 aliphatic rings. The number of rotatable bonds is 48. The molecule has 0 amide bonds. The molecule has 2 atom stereocenters. The standard InChI is InChI=1S/C54H96NO8P/c1-3-5-7-9-11-13-15-17-19-20-21-22-23-24-25-26-27-28-29-30-31-32-33-35-37-39-41-43-45-47-54(57)63-52(51-62-64(58,59)61-49-48-55)50-60-53(56)46-44-42-40-38-36-34-18-16-14-12-10-8-6-4-2/h5,7,10-13,16-19,21-22,52H,3-4,6,8-9,14-15,20,23-51,55H2,1-2H3,(H,58,59)/b7-5-,12-10-,13-11-,18-16-,19-17-,22-21-. The van der Waals surface area contributed by atoms with Crippen LogP contribution in [-0.2, 0) is 32.7 Å². The lowest BCUT2D eigenvalue weighted by molar-refractivity contribution is -0.161. The first-order valence-corrected chi connectivity index (χ1v) is 27.4. The maximum Gasteiger partial charge on any atom is 0.472 e. The fraction of sp³-hybridized carbons (Fsp3) is 0.741. The van der Waals surface area contributed by atoms with Crippen molar-refractivity contribution >= 4 is 19.8 Å². The topological polar surface area (TPSA) is 134 Å². The Morgan fingerprint density at radius 1 is 0.484 bits per heavy atom. The van der Waals surface area contributed by atoms with Crippen LogP contribution in [0.4, 0.5) is 0 Å². The second-order valence-corrected chi connectivity index (χ2v) is 18.5. The van der Waals surface area contributed by atoms with Gasteiger partial charge in [0.25, 0.3) is 0 Å². The Morgan fingerprint density at radius 3 is 1.28 bits per heavy atom. The van der Waals surface area contributed by atoms with Gasteiger partial charge < -0.3 is 20.1 Å². The number of unbranched alkanes of at least 4 members (excludes halogenated alkanes) is 23. The fourth-order valence-electron chi connectivity index (χ4n) is 7.00. The molecule has 9 nitrogen and oxygen atoms in total. The Balaban J connectivity index is 3.96. The van der Waals surface area contributed by atoms with Crippen molar-refractivity contribution in [3.05, 3.63) is 72.9 Å². The first kappa shape index (κ1) is 61.5. The average molecular weight is 918 g/mol. The predicted octanol–water partition coefficient (Wildman–Crippen LogP) is 15.8. The van der Waals surface area contributed by atoms with E-state index in [1.165, 1.54) is 96.3 Å². The molecule has 0 aliphatic carbocycles. The van der Waals surface area contributed by atoms with E-state index in [1.807, 2.05) is 0 Å². The summed E-state index contributed by atoms with van der Waals surface area (Å²) in [7, 11) is -4.39. The van der Waals surface area contributed by atoms with E-state index in [4.69, 9.17) is 24.3 Å². The molecular formula is C54H96NO8P. The summed E-state index contributed by atoms with van der Waals surface area (Å²) in [4.78, 5) is 35.0. The molecule has 0 aromatic carbocycles. The van der Waals surface area contributed by atoms with Crippen LogP contribution in [0.5, 0.6) is 0 Å². The molecule has 0 saturated heterocycles. The van der Waals surface area contributed by atoms with Gasteiger partial charge in [-0.15, -0.1) is 0 Å². The predicted molar refractivity (Wildman–Crippen MR) is 270 cm³/mol. The number of carbonyl (C=O) groups is 2. The maximum atomic E-state index is 12.7. The van der Waals surface area contributed by atoms with Gasteiger partial charge in [-0.05, 0) is 77.0 Å². The molecule has 2 unspecified atom stereocenters. The zero-order valence-electron chi connectivity index (χ0n) is 41.0. The van der Waals surface area contributed by atoms with E-state index in [9.17, 15) is 19.0 Å². The van der Waals surface area contributed by atoms with E-state index in [0.717, 1.165) is 89.9 Å². The molecule has 0 aromatic rings. The summed E-state index contributed by atoms with van der Waals surface area (Å²) < 4.78 is 32.9. The molecule has 0 heterocycles. The van der Waals surface area contributed by atoms with Gasteiger partial charge in [0.2, 0.25) is 0 Å². The van der Waals surface area contributed by atoms with E-state index in [1.54, 1.807) is 0 Å². The summed E-state index contributed by atoms with van der Waals surface area (Å²) in [6.07, 6.45) is 62.4. The van der Waals surface area contributed by atoms with Gasteiger partial charge in [-0.25, -0.2) is 4.57 Å².